The number of carbonyl (C=O) groups is 1. The van der Waals surface area contributed by atoms with Gasteiger partial charge in [0.05, 0.1) is 0 Å². The highest BCUT2D eigenvalue weighted by molar-refractivity contribution is 5.75. The van der Waals surface area contributed by atoms with Gasteiger partial charge in [-0.05, 0) is 46.2 Å². The summed E-state index contributed by atoms with van der Waals surface area (Å²) in [6.45, 7) is 5.09. The molecule has 0 aromatic heterocycles. The SMILES string of the molecule is C/C=C/CCCC(=O)NCCN(C)CCCCCCCCO. The fourth-order valence-electron chi connectivity index (χ4n) is 2.33. The lowest BCUT2D eigenvalue weighted by Gasteiger charge is -2.16. The van der Waals surface area contributed by atoms with Crippen molar-refractivity contribution in [2.24, 2.45) is 0 Å². The van der Waals surface area contributed by atoms with E-state index in [-0.39, 0.29) is 5.91 Å². The zero-order valence-electron chi connectivity index (χ0n) is 14.6. The summed E-state index contributed by atoms with van der Waals surface area (Å²) in [5, 5.41) is 11.7. The maximum Gasteiger partial charge on any atom is 0.220 e. The molecule has 0 heterocycles. The molecule has 0 aliphatic heterocycles. The second kappa shape index (κ2) is 16.5. The number of likely N-dealkylation sites (N-methyl/N-ethyl adjacent to an activating group) is 1. The van der Waals surface area contributed by atoms with Gasteiger partial charge in [0.1, 0.15) is 0 Å². The minimum Gasteiger partial charge on any atom is -0.396 e. The van der Waals surface area contributed by atoms with E-state index in [4.69, 9.17) is 5.11 Å². The molecule has 1 amide bonds. The van der Waals surface area contributed by atoms with Gasteiger partial charge in [-0.3, -0.25) is 4.79 Å². The van der Waals surface area contributed by atoms with Crippen LogP contribution in [0.25, 0.3) is 0 Å². The van der Waals surface area contributed by atoms with Gasteiger partial charge in [-0.2, -0.15) is 0 Å². The van der Waals surface area contributed by atoms with Crippen LogP contribution in [0.15, 0.2) is 12.2 Å². The molecule has 130 valence electrons. The van der Waals surface area contributed by atoms with E-state index in [1.807, 2.05) is 13.0 Å². The van der Waals surface area contributed by atoms with Crippen molar-refractivity contribution in [3.05, 3.63) is 12.2 Å². The van der Waals surface area contributed by atoms with Crippen molar-refractivity contribution >= 4 is 5.91 Å². The first-order chi connectivity index (χ1) is 10.7. The summed E-state index contributed by atoms with van der Waals surface area (Å²) >= 11 is 0. The monoisotopic (exact) mass is 312 g/mol. The molecule has 2 N–H and O–H groups in total. The highest BCUT2D eigenvalue weighted by atomic mass is 16.2. The molecular formula is C18H36N2O2. The van der Waals surface area contributed by atoms with Crippen molar-refractivity contribution in [3.8, 4) is 0 Å². The average Bonchev–Trinajstić information content (AvgIpc) is 2.51. The van der Waals surface area contributed by atoms with Crippen LogP contribution in [0.4, 0.5) is 0 Å². The third-order valence-electron chi connectivity index (χ3n) is 3.77. The molecule has 0 rings (SSSR count). The Balaban J connectivity index is 3.34. The molecule has 0 unspecified atom stereocenters. The molecular weight excluding hydrogens is 276 g/mol. The molecule has 0 aliphatic carbocycles. The Kier molecular flexibility index (Phi) is 15.8. The van der Waals surface area contributed by atoms with Crippen LogP contribution in [-0.4, -0.2) is 49.2 Å². The topological polar surface area (TPSA) is 52.6 Å². The van der Waals surface area contributed by atoms with Gasteiger partial charge in [-0.15, -0.1) is 0 Å². The van der Waals surface area contributed by atoms with E-state index in [2.05, 4.69) is 23.3 Å². The molecule has 0 aromatic rings. The smallest absolute Gasteiger partial charge is 0.220 e. The maximum absolute atomic E-state index is 11.6. The Labute approximate surface area is 137 Å². The minimum atomic E-state index is 0.168. The standard InChI is InChI=1S/C18H36N2O2/c1-3-4-5-10-13-18(22)19-14-16-20(2)15-11-8-6-7-9-12-17-21/h3-4,21H,5-17H2,1-2H3,(H,19,22)/b4-3+. The fraction of sp³-hybridized carbons (Fsp3) is 0.833. The molecule has 4 heteroatoms. The Morgan fingerprint density at radius 2 is 1.73 bits per heavy atom. The van der Waals surface area contributed by atoms with E-state index < -0.39 is 0 Å². The number of hydrogen-bond acceptors (Lipinski definition) is 3. The number of amides is 1. The molecule has 0 radical (unpaired) electrons. The van der Waals surface area contributed by atoms with Crippen LogP contribution in [-0.2, 0) is 4.79 Å². The van der Waals surface area contributed by atoms with Gasteiger partial charge in [0.2, 0.25) is 5.91 Å². The van der Waals surface area contributed by atoms with Crippen molar-refractivity contribution in [1.29, 1.82) is 0 Å². The van der Waals surface area contributed by atoms with Crippen LogP contribution in [0.5, 0.6) is 0 Å². The maximum atomic E-state index is 11.6. The fourth-order valence-corrected chi connectivity index (χ4v) is 2.33. The Bertz CT molecular complexity index is 280. The van der Waals surface area contributed by atoms with Crippen LogP contribution < -0.4 is 5.32 Å². The van der Waals surface area contributed by atoms with E-state index in [1.165, 1.54) is 25.7 Å². The third kappa shape index (κ3) is 15.5. The largest absolute Gasteiger partial charge is 0.396 e. The third-order valence-corrected chi connectivity index (χ3v) is 3.77. The van der Waals surface area contributed by atoms with E-state index in [9.17, 15) is 4.79 Å². The lowest BCUT2D eigenvalue weighted by atomic mass is 10.1. The summed E-state index contributed by atoms with van der Waals surface area (Å²) in [6.07, 6.45) is 13.7. The lowest BCUT2D eigenvalue weighted by molar-refractivity contribution is -0.121. The van der Waals surface area contributed by atoms with E-state index in [0.717, 1.165) is 45.3 Å². The summed E-state index contributed by atoms with van der Waals surface area (Å²) in [7, 11) is 2.12. The number of aliphatic hydroxyl groups is 1. The molecule has 0 saturated carbocycles. The molecule has 0 aliphatic rings. The minimum absolute atomic E-state index is 0.168. The van der Waals surface area contributed by atoms with Crippen LogP contribution in [0.1, 0.15) is 64.7 Å². The molecule has 0 bridgehead atoms. The number of hydrogen-bond donors (Lipinski definition) is 2. The summed E-state index contributed by atoms with van der Waals surface area (Å²) in [5.74, 6) is 0.168. The predicted octanol–water partition coefficient (Wildman–Crippen LogP) is 3.11. The van der Waals surface area contributed by atoms with Crippen molar-refractivity contribution in [2.45, 2.75) is 64.7 Å². The van der Waals surface area contributed by atoms with Gasteiger partial charge in [-0.25, -0.2) is 0 Å². The van der Waals surface area contributed by atoms with Gasteiger partial charge in [0.25, 0.3) is 0 Å². The number of aliphatic hydroxyl groups excluding tert-OH is 1. The van der Waals surface area contributed by atoms with Gasteiger partial charge in [0, 0.05) is 26.1 Å². The van der Waals surface area contributed by atoms with Gasteiger partial charge >= 0.3 is 0 Å². The van der Waals surface area contributed by atoms with E-state index in [1.54, 1.807) is 0 Å². The van der Waals surface area contributed by atoms with Crippen molar-refractivity contribution in [3.63, 3.8) is 0 Å². The second-order valence-corrected chi connectivity index (χ2v) is 5.96. The molecule has 0 saturated heterocycles. The number of unbranched alkanes of at least 4 members (excludes halogenated alkanes) is 6. The first-order valence-corrected chi connectivity index (χ1v) is 8.88. The normalized spacial score (nSPS) is 11.5. The van der Waals surface area contributed by atoms with E-state index in [0.29, 0.717) is 13.0 Å². The Morgan fingerprint density at radius 1 is 1.05 bits per heavy atom. The number of nitrogens with one attached hydrogen (secondary N) is 1. The molecule has 22 heavy (non-hydrogen) atoms. The number of nitrogens with zero attached hydrogens (tertiary/aromatic N) is 1. The number of carbonyl (C=O) groups excluding carboxylic acids is 1. The van der Waals surface area contributed by atoms with Gasteiger partial charge in [-0.1, -0.05) is 37.8 Å². The Hall–Kier alpha value is -0.870. The molecule has 4 nitrogen and oxygen atoms in total. The summed E-state index contributed by atoms with van der Waals surface area (Å²) in [4.78, 5) is 13.9. The highest BCUT2D eigenvalue weighted by Gasteiger charge is 2.02. The van der Waals surface area contributed by atoms with Gasteiger partial charge in [0.15, 0.2) is 0 Å². The number of rotatable bonds is 15. The molecule has 0 fully saturated rings. The van der Waals surface area contributed by atoms with Crippen LogP contribution in [0, 0.1) is 0 Å². The second-order valence-electron chi connectivity index (χ2n) is 5.96. The molecule has 0 aromatic carbocycles. The average molecular weight is 312 g/mol. The Morgan fingerprint density at radius 3 is 2.41 bits per heavy atom. The summed E-state index contributed by atoms with van der Waals surface area (Å²) < 4.78 is 0. The van der Waals surface area contributed by atoms with Crippen molar-refractivity contribution in [1.82, 2.24) is 10.2 Å². The molecule has 0 spiro atoms. The van der Waals surface area contributed by atoms with Gasteiger partial charge < -0.3 is 15.3 Å². The highest BCUT2D eigenvalue weighted by Crippen LogP contribution is 2.05. The molecule has 0 atom stereocenters. The van der Waals surface area contributed by atoms with Crippen LogP contribution in [0.3, 0.4) is 0 Å². The number of allylic oxidation sites excluding steroid dienone is 2. The van der Waals surface area contributed by atoms with Crippen molar-refractivity contribution < 1.29 is 9.90 Å². The first-order valence-electron chi connectivity index (χ1n) is 8.88. The van der Waals surface area contributed by atoms with Crippen LogP contribution >= 0.6 is 0 Å². The lowest BCUT2D eigenvalue weighted by Crippen LogP contribution is -2.33. The quantitative estimate of drug-likeness (QED) is 0.361. The predicted molar refractivity (Wildman–Crippen MR) is 94.0 cm³/mol. The van der Waals surface area contributed by atoms with Crippen molar-refractivity contribution in [2.75, 3.05) is 33.3 Å². The zero-order chi connectivity index (χ0) is 16.5. The zero-order valence-corrected chi connectivity index (χ0v) is 14.6. The summed E-state index contributed by atoms with van der Waals surface area (Å²) in [5.41, 5.74) is 0. The summed E-state index contributed by atoms with van der Waals surface area (Å²) in [6, 6.07) is 0. The van der Waals surface area contributed by atoms with Crippen LogP contribution in [0.2, 0.25) is 0 Å². The first kappa shape index (κ1) is 21.1. The van der Waals surface area contributed by atoms with E-state index >= 15 is 0 Å².